The number of methoxy groups -OCH3 is 1. The minimum absolute atomic E-state index is 0.0270. The molecule has 0 radical (unpaired) electrons. The van der Waals surface area contributed by atoms with Gasteiger partial charge < -0.3 is 20.3 Å². The second-order valence-corrected chi connectivity index (χ2v) is 14.9. The second-order valence-electron chi connectivity index (χ2n) is 9.37. The number of nitrogens with zero attached hydrogens (tertiary/aromatic N) is 4. The van der Waals surface area contributed by atoms with Gasteiger partial charge in [-0.2, -0.15) is 8.42 Å². The smallest absolute Gasteiger partial charge is 0.283 e. The third-order valence-electron chi connectivity index (χ3n) is 6.46. The van der Waals surface area contributed by atoms with Gasteiger partial charge in [0.25, 0.3) is 10.1 Å². The first-order valence-corrected chi connectivity index (χ1v) is 17.8. The van der Waals surface area contributed by atoms with Crippen molar-refractivity contribution in [3.05, 3.63) is 72.7 Å². The van der Waals surface area contributed by atoms with E-state index in [9.17, 15) is 40.0 Å². The zero-order chi connectivity index (χ0) is 33.9. The molecule has 0 bridgehead atoms. The summed E-state index contributed by atoms with van der Waals surface area (Å²) in [6.07, 6.45) is 0. The fourth-order valence-corrected chi connectivity index (χ4v) is 6.36. The van der Waals surface area contributed by atoms with Crippen LogP contribution in [0.15, 0.2) is 103 Å². The Hall–Kier alpha value is -4.91. The Morgan fingerprint density at radius 2 is 1.48 bits per heavy atom. The molecule has 0 aliphatic carbocycles. The summed E-state index contributed by atoms with van der Waals surface area (Å²) in [5, 5.41) is 41.3. The molecule has 4 aromatic carbocycles. The van der Waals surface area contributed by atoms with E-state index in [-0.39, 0.29) is 60.5 Å². The van der Waals surface area contributed by atoms with Crippen LogP contribution in [0.1, 0.15) is 6.92 Å². The highest BCUT2D eigenvalue weighted by Crippen LogP contribution is 2.44. The van der Waals surface area contributed by atoms with Crippen molar-refractivity contribution in [1.82, 2.24) is 0 Å². The maximum absolute atomic E-state index is 12.5. The van der Waals surface area contributed by atoms with E-state index in [4.69, 9.17) is 4.74 Å². The molecule has 0 unspecified atom stereocenters. The molecule has 0 atom stereocenters. The second kappa shape index (κ2) is 13.2. The first-order chi connectivity index (χ1) is 21.6. The highest BCUT2D eigenvalue weighted by Gasteiger charge is 2.21. The predicted octanol–water partition coefficient (Wildman–Crippen LogP) is 6.06. The number of anilines is 1. The summed E-state index contributed by atoms with van der Waals surface area (Å²) in [5.41, 5.74) is -0.256. The third kappa shape index (κ3) is 7.31. The van der Waals surface area contributed by atoms with Gasteiger partial charge in [-0.25, -0.2) is 16.8 Å². The number of phenolic OH excluding ortho intramolecular Hbond substituents is 2. The SMILES string of the molecule is C=CS(=O)(=O)c1ccccc1/N=N/c1c(NCS(=O)(=O)O)ccc2c(O)c(/N=N/c3cc(OC)c(S(=O)(=O)CC)cc3O)ccc12. The lowest BCUT2D eigenvalue weighted by molar-refractivity contribution is 0.399. The van der Waals surface area contributed by atoms with Crippen LogP contribution in [0.2, 0.25) is 0 Å². The Bertz CT molecular complexity index is 2240. The number of hydrogen-bond donors (Lipinski definition) is 4. The number of aromatic hydroxyl groups is 2. The van der Waals surface area contributed by atoms with E-state index in [2.05, 4.69) is 32.4 Å². The summed E-state index contributed by atoms with van der Waals surface area (Å²) in [4.78, 5) is -0.417. The highest BCUT2D eigenvalue weighted by molar-refractivity contribution is 7.94. The Balaban J connectivity index is 1.83. The maximum atomic E-state index is 12.5. The molecule has 0 saturated heterocycles. The fourth-order valence-electron chi connectivity index (χ4n) is 4.12. The quantitative estimate of drug-likeness (QED) is 0.0985. The average molecular weight is 690 g/mol. The van der Waals surface area contributed by atoms with E-state index in [1.54, 1.807) is 0 Å². The van der Waals surface area contributed by atoms with Crippen LogP contribution in [0, 0.1) is 0 Å². The zero-order valence-electron chi connectivity index (χ0n) is 24.2. The van der Waals surface area contributed by atoms with Crippen LogP contribution in [-0.2, 0) is 29.8 Å². The average Bonchev–Trinajstić information content (AvgIpc) is 3.02. The number of rotatable bonds is 12. The maximum Gasteiger partial charge on any atom is 0.283 e. The van der Waals surface area contributed by atoms with Crippen molar-refractivity contribution in [3.63, 3.8) is 0 Å². The van der Waals surface area contributed by atoms with Crippen molar-refractivity contribution in [1.29, 1.82) is 0 Å². The van der Waals surface area contributed by atoms with E-state index in [0.717, 1.165) is 11.5 Å². The van der Waals surface area contributed by atoms with Crippen molar-refractivity contribution in [2.24, 2.45) is 20.5 Å². The molecule has 18 heteroatoms. The molecule has 4 rings (SSSR count). The Morgan fingerprint density at radius 1 is 0.826 bits per heavy atom. The van der Waals surface area contributed by atoms with E-state index >= 15 is 0 Å². The number of ether oxygens (including phenoxy) is 1. The zero-order valence-corrected chi connectivity index (χ0v) is 26.6. The summed E-state index contributed by atoms with van der Waals surface area (Å²) in [7, 11) is -10.9. The molecule has 0 aliphatic heterocycles. The minimum atomic E-state index is -4.47. The molecule has 0 fully saturated rings. The summed E-state index contributed by atoms with van der Waals surface area (Å²) >= 11 is 0. The molecule has 242 valence electrons. The van der Waals surface area contributed by atoms with Crippen molar-refractivity contribution in [3.8, 4) is 17.2 Å². The Labute approximate surface area is 264 Å². The monoisotopic (exact) mass is 689 g/mol. The molecule has 4 aromatic rings. The Kier molecular flexibility index (Phi) is 9.76. The van der Waals surface area contributed by atoms with E-state index in [0.29, 0.717) is 0 Å². The van der Waals surface area contributed by atoms with Crippen LogP contribution >= 0.6 is 0 Å². The highest BCUT2D eigenvalue weighted by atomic mass is 32.2. The van der Waals surface area contributed by atoms with Gasteiger partial charge in [-0.15, -0.1) is 20.5 Å². The van der Waals surface area contributed by atoms with Crippen LogP contribution in [0.4, 0.5) is 28.4 Å². The molecule has 15 nitrogen and oxygen atoms in total. The molecule has 0 amide bonds. The van der Waals surface area contributed by atoms with Gasteiger partial charge in [0.05, 0.1) is 23.4 Å². The number of sulfone groups is 2. The molecule has 4 N–H and O–H groups in total. The molecule has 0 saturated carbocycles. The van der Waals surface area contributed by atoms with Crippen molar-refractivity contribution >= 4 is 69.0 Å². The van der Waals surface area contributed by atoms with Gasteiger partial charge in [0.15, 0.2) is 15.6 Å². The van der Waals surface area contributed by atoms with Crippen molar-refractivity contribution in [2.75, 3.05) is 24.1 Å². The molecule has 0 aliphatic rings. The summed E-state index contributed by atoms with van der Waals surface area (Å²) in [6.45, 7) is 4.75. The largest absolute Gasteiger partial charge is 0.506 e. The Morgan fingerprint density at radius 3 is 2.13 bits per heavy atom. The van der Waals surface area contributed by atoms with E-state index in [1.165, 1.54) is 68.6 Å². The number of azo groups is 2. The lowest BCUT2D eigenvalue weighted by Gasteiger charge is -2.12. The number of phenols is 2. The summed E-state index contributed by atoms with van der Waals surface area (Å²) in [5.74, 6) is -2.12. The number of benzene rings is 4. The van der Waals surface area contributed by atoms with Gasteiger partial charge in [0.1, 0.15) is 45.0 Å². The van der Waals surface area contributed by atoms with Gasteiger partial charge in [-0.05, 0) is 36.4 Å². The van der Waals surface area contributed by atoms with Crippen LogP contribution in [0.3, 0.4) is 0 Å². The summed E-state index contributed by atoms with van der Waals surface area (Å²) < 4.78 is 86.9. The summed E-state index contributed by atoms with van der Waals surface area (Å²) in [6, 6.07) is 13.4. The first-order valence-electron chi connectivity index (χ1n) is 13.0. The molecule has 0 spiro atoms. The molecule has 0 aromatic heterocycles. The number of nitrogens with one attached hydrogen (secondary N) is 1. The topological polar surface area (TPSA) is 234 Å². The van der Waals surface area contributed by atoms with Crippen LogP contribution < -0.4 is 10.1 Å². The fraction of sp³-hybridized carbons (Fsp3) is 0.143. The predicted molar refractivity (Wildman–Crippen MR) is 170 cm³/mol. The van der Waals surface area contributed by atoms with Gasteiger partial charge >= 0.3 is 0 Å². The van der Waals surface area contributed by atoms with E-state index in [1.807, 2.05) is 0 Å². The normalized spacial score (nSPS) is 12.6. The van der Waals surface area contributed by atoms with Crippen molar-refractivity contribution < 1.29 is 44.8 Å². The lowest BCUT2D eigenvalue weighted by Crippen LogP contribution is -2.13. The van der Waals surface area contributed by atoms with Crippen LogP contribution in [-0.4, -0.2) is 58.8 Å². The number of hydrogen-bond acceptors (Lipinski definition) is 14. The van der Waals surface area contributed by atoms with Crippen LogP contribution in [0.5, 0.6) is 17.2 Å². The lowest BCUT2D eigenvalue weighted by atomic mass is 10.1. The third-order valence-corrected chi connectivity index (χ3v) is 10.1. The van der Waals surface area contributed by atoms with Gasteiger partial charge in [-0.3, -0.25) is 4.55 Å². The molecule has 0 heterocycles. The van der Waals surface area contributed by atoms with Gasteiger partial charge in [0.2, 0.25) is 9.84 Å². The first kappa shape index (κ1) is 34.0. The minimum Gasteiger partial charge on any atom is -0.506 e. The number of fused-ring (bicyclic) bond motifs is 1. The van der Waals surface area contributed by atoms with Crippen molar-refractivity contribution in [2.45, 2.75) is 16.7 Å². The van der Waals surface area contributed by atoms with Crippen LogP contribution in [0.25, 0.3) is 10.8 Å². The van der Waals surface area contributed by atoms with Gasteiger partial charge in [-0.1, -0.05) is 25.6 Å². The standard InChI is InChI=1S/C28H27N5O10S3/c1-4-44(36,37)25-9-7-6-8-19(25)30-33-27-17-10-13-21(28(35)18(17)11-12-20(27)29-16-46(40,41)42)31-32-22-14-24(43-3)26(15-23(22)34)45(38,39)5-2/h4,6-15,29,34-35H,1,5,16H2,2-3H3,(H,40,41,42)/b32-31+,33-30+. The molecule has 46 heavy (non-hydrogen) atoms. The molecular weight excluding hydrogens is 663 g/mol. The molecular formula is C28H27N5O10S3. The van der Waals surface area contributed by atoms with Gasteiger partial charge in [0, 0.05) is 28.3 Å². The van der Waals surface area contributed by atoms with E-state index < -0.39 is 47.2 Å².